The van der Waals surface area contributed by atoms with Gasteiger partial charge in [0.2, 0.25) is 0 Å². The molecule has 4 rings (SSSR count). The van der Waals surface area contributed by atoms with E-state index in [-0.39, 0.29) is 0 Å². The highest BCUT2D eigenvalue weighted by Gasteiger charge is 2.18. The van der Waals surface area contributed by atoms with E-state index in [1.807, 2.05) is 18.2 Å². The van der Waals surface area contributed by atoms with E-state index in [2.05, 4.69) is 24.1 Å². The molecule has 0 aliphatic carbocycles. The number of aryl methyl sites for hydroxylation is 2. The Balaban J connectivity index is 1.73. The summed E-state index contributed by atoms with van der Waals surface area (Å²) in [6, 6.07) is 5.81. The number of ether oxygens (including phenoxy) is 2. The van der Waals surface area contributed by atoms with Crippen LogP contribution in [0.3, 0.4) is 0 Å². The first-order chi connectivity index (χ1) is 13.6. The van der Waals surface area contributed by atoms with Gasteiger partial charge in [0.05, 0.1) is 26.2 Å². The van der Waals surface area contributed by atoms with Gasteiger partial charge in [-0.05, 0) is 57.5 Å². The Morgan fingerprint density at radius 2 is 1.82 bits per heavy atom. The summed E-state index contributed by atoms with van der Waals surface area (Å²) in [6.07, 6.45) is 2.52. The van der Waals surface area contributed by atoms with Crippen molar-refractivity contribution in [1.29, 1.82) is 0 Å². The van der Waals surface area contributed by atoms with Crippen molar-refractivity contribution >= 4 is 33.1 Å². The van der Waals surface area contributed by atoms with Crippen molar-refractivity contribution in [2.75, 3.05) is 32.6 Å². The highest BCUT2D eigenvalue weighted by molar-refractivity contribution is 7.18. The average Bonchev–Trinajstić information content (AvgIpc) is 3.29. The lowest BCUT2D eigenvalue weighted by Crippen LogP contribution is -2.20. The summed E-state index contributed by atoms with van der Waals surface area (Å²) in [5.74, 6) is 3.12. The summed E-state index contributed by atoms with van der Waals surface area (Å²) in [6.45, 7) is 7.33. The van der Waals surface area contributed by atoms with Gasteiger partial charge in [-0.1, -0.05) is 0 Å². The van der Waals surface area contributed by atoms with Gasteiger partial charge in [-0.2, -0.15) is 0 Å². The van der Waals surface area contributed by atoms with Crippen LogP contribution in [0.2, 0.25) is 0 Å². The van der Waals surface area contributed by atoms with E-state index < -0.39 is 0 Å². The topological polar surface area (TPSA) is 59.5 Å². The predicted molar refractivity (Wildman–Crippen MR) is 114 cm³/mol. The van der Waals surface area contributed by atoms with Gasteiger partial charge in [-0.25, -0.2) is 9.97 Å². The molecule has 1 saturated heterocycles. The molecule has 7 heteroatoms. The molecule has 0 atom stereocenters. The number of anilines is 2. The first-order valence-electron chi connectivity index (χ1n) is 9.57. The molecule has 1 N–H and O–H groups in total. The van der Waals surface area contributed by atoms with Crippen molar-refractivity contribution in [2.24, 2.45) is 0 Å². The zero-order chi connectivity index (χ0) is 19.7. The number of hydrogen-bond donors (Lipinski definition) is 1. The van der Waals surface area contributed by atoms with Crippen molar-refractivity contribution in [3.63, 3.8) is 0 Å². The number of thiophene rings is 1. The zero-order valence-electron chi connectivity index (χ0n) is 16.8. The van der Waals surface area contributed by atoms with Gasteiger partial charge in [0, 0.05) is 16.6 Å². The van der Waals surface area contributed by atoms with Crippen LogP contribution < -0.4 is 14.8 Å². The summed E-state index contributed by atoms with van der Waals surface area (Å²) in [4.78, 5) is 14.5. The standard InChI is InChI=1S/C21H26N4O2S/c1-13-14(2)28-21-19(13)20(23-18(24-21)12-25-9-5-6-10-25)22-15-7-8-16(26-3)17(11-15)27-4/h7-8,11H,5-6,9-10,12H2,1-4H3,(H,22,23,24). The van der Waals surface area contributed by atoms with E-state index >= 15 is 0 Å². The molecule has 1 aliphatic rings. The molecular weight excluding hydrogens is 372 g/mol. The lowest BCUT2D eigenvalue weighted by Gasteiger charge is -2.15. The molecule has 1 aromatic carbocycles. The molecule has 0 bridgehead atoms. The van der Waals surface area contributed by atoms with Crippen molar-refractivity contribution in [2.45, 2.75) is 33.2 Å². The summed E-state index contributed by atoms with van der Waals surface area (Å²) in [7, 11) is 3.28. The minimum absolute atomic E-state index is 0.688. The second kappa shape index (κ2) is 7.93. The molecule has 148 valence electrons. The maximum atomic E-state index is 5.44. The fourth-order valence-electron chi connectivity index (χ4n) is 3.65. The molecule has 0 amide bonds. The number of likely N-dealkylation sites (tertiary alicyclic amines) is 1. The zero-order valence-corrected chi connectivity index (χ0v) is 17.7. The molecule has 6 nitrogen and oxygen atoms in total. The van der Waals surface area contributed by atoms with Crippen LogP contribution in [0.4, 0.5) is 11.5 Å². The third kappa shape index (κ3) is 3.64. The molecule has 0 unspecified atom stereocenters. The van der Waals surface area contributed by atoms with Gasteiger partial charge in [0.15, 0.2) is 11.5 Å². The van der Waals surface area contributed by atoms with Crippen LogP contribution in [0, 0.1) is 13.8 Å². The van der Waals surface area contributed by atoms with Crippen LogP contribution in [0.1, 0.15) is 29.1 Å². The smallest absolute Gasteiger partial charge is 0.162 e. The fraction of sp³-hybridized carbons (Fsp3) is 0.429. The maximum Gasteiger partial charge on any atom is 0.162 e. The van der Waals surface area contributed by atoms with E-state index in [4.69, 9.17) is 19.4 Å². The predicted octanol–water partition coefficient (Wildman–Crippen LogP) is 4.66. The Kier molecular flexibility index (Phi) is 5.37. The van der Waals surface area contributed by atoms with E-state index in [0.717, 1.165) is 47.2 Å². The van der Waals surface area contributed by atoms with Gasteiger partial charge in [-0.3, -0.25) is 4.90 Å². The normalized spacial score (nSPS) is 14.6. The first-order valence-corrected chi connectivity index (χ1v) is 10.4. The number of nitrogens with zero attached hydrogens (tertiary/aromatic N) is 3. The largest absolute Gasteiger partial charge is 0.493 e. The van der Waals surface area contributed by atoms with Crippen LogP contribution in [-0.2, 0) is 6.54 Å². The quantitative estimate of drug-likeness (QED) is 0.651. The number of benzene rings is 1. The van der Waals surface area contributed by atoms with Crippen LogP contribution in [0.5, 0.6) is 11.5 Å². The monoisotopic (exact) mass is 398 g/mol. The molecule has 2 aromatic heterocycles. The molecule has 3 heterocycles. The molecule has 0 spiro atoms. The number of fused-ring (bicyclic) bond motifs is 1. The third-order valence-corrected chi connectivity index (χ3v) is 6.39. The Hall–Kier alpha value is -2.38. The molecule has 0 radical (unpaired) electrons. The van der Waals surface area contributed by atoms with Crippen molar-refractivity contribution in [1.82, 2.24) is 14.9 Å². The summed E-state index contributed by atoms with van der Waals surface area (Å²) in [5.41, 5.74) is 2.14. The molecule has 0 saturated carbocycles. The average molecular weight is 399 g/mol. The summed E-state index contributed by atoms with van der Waals surface area (Å²) < 4.78 is 10.8. The Morgan fingerprint density at radius 3 is 2.54 bits per heavy atom. The van der Waals surface area contributed by atoms with E-state index in [0.29, 0.717) is 11.5 Å². The molecule has 3 aromatic rings. The Labute approximate surface area is 169 Å². The van der Waals surface area contributed by atoms with Gasteiger partial charge in [0.1, 0.15) is 16.5 Å². The SMILES string of the molecule is COc1ccc(Nc2nc(CN3CCCC3)nc3sc(C)c(C)c23)cc1OC. The molecule has 1 fully saturated rings. The van der Waals surface area contributed by atoms with Gasteiger partial charge >= 0.3 is 0 Å². The number of nitrogens with one attached hydrogen (secondary N) is 1. The second-order valence-corrected chi connectivity index (χ2v) is 8.33. The third-order valence-electron chi connectivity index (χ3n) is 5.28. The number of aromatic nitrogens is 2. The summed E-state index contributed by atoms with van der Waals surface area (Å²) in [5, 5.41) is 4.59. The van der Waals surface area contributed by atoms with E-state index in [9.17, 15) is 0 Å². The second-order valence-electron chi connectivity index (χ2n) is 7.13. The minimum atomic E-state index is 0.688. The lowest BCUT2D eigenvalue weighted by molar-refractivity contribution is 0.323. The van der Waals surface area contributed by atoms with Crippen LogP contribution in [-0.4, -0.2) is 42.2 Å². The van der Waals surface area contributed by atoms with Crippen molar-refractivity contribution in [3.05, 3.63) is 34.5 Å². The van der Waals surface area contributed by atoms with Crippen LogP contribution in [0.15, 0.2) is 18.2 Å². The van der Waals surface area contributed by atoms with Crippen LogP contribution >= 0.6 is 11.3 Å². The number of methoxy groups -OCH3 is 2. The van der Waals surface area contributed by atoms with Gasteiger partial charge in [-0.15, -0.1) is 11.3 Å². The fourth-order valence-corrected chi connectivity index (χ4v) is 4.69. The number of rotatable bonds is 6. The number of hydrogen-bond acceptors (Lipinski definition) is 7. The highest BCUT2D eigenvalue weighted by atomic mass is 32.1. The highest BCUT2D eigenvalue weighted by Crippen LogP contribution is 2.36. The van der Waals surface area contributed by atoms with Crippen LogP contribution in [0.25, 0.3) is 10.2 Å². The van der Waals surface area contributed by atoms with E-state index in [1.54, 1.807) is 25.6 Å². The Morgan fingerprint density at radius 1 is 1.07 bits per heavy atom. The molecular formula is C21H26N4O2S. The van der Waals surface area contributed by atoms with Crippen molar-refractivity contribution in [3.8, 4) is 11.5 Å². The van der Waals surface area contributed by atoms with Gasteiger partial charge in [0.25, 0.3) is 0 Å². The lowest BCUT2D eigenvalue weighted by atomic mass is 10.2. The van der Waals surface area contributed by atoms with Gasteiger partial charge < -0.3 is 14.8 Å². The molecule has 1 aliphatic heterocycles. The molecule has 28 heavy (non-hydrogen) atoms. The first kappa shape index (κ1) is 19.0. The van der Waals surface area contributed by atoms with Crippen molar-refractivity contribution < 1.29 is 9.47 Å². The van der Waals surface area contributed by atoms with E-state index in [1.165, 1.54) is 23.3 Å². The maximum absolute atomic E-state index is 5.44. The minimum Gasteiger partial charge on any atom is -0.493 e. The summed E-state index contributed by atoms with van der Waals surface area (Å²) >= 11 is 1.73. The Bertz CT molecular complexity index is 996.